The summed E-state index contributed by atoms with van der Waals surface area (Å²) in [5.74, 6) is 1.22. The van der Waals surface area contributed by atoms with Gasteiger partial charge >= 0.3 is 0 Å². The van der Waals surface area contributed by atoms with Crippen LogP contribution in [-0.2, 0) is 0 Å². The fourth-order valence-electron chi connectivity index (χ4n) is 4.05. The van der Waals surface area contributed by atoms with E-state index in [-0.39, 0.29) is 5.82 Å². The molecule has 1 atom stereocenters. The summed E-state index contributed by atoms with van der Waals surface area (Å²) in [7, 11) is 0. The Morgan fingerprint density at radius 2 is 1.95 bits per heavy atom. The number of halogens is 1. The van der Waals surface area contributed by atoms with Gasteiger partial charge in [0.25, 0.3) is 0 Å². The first kappa shape index (κ1) is 15.8. The molecule has 0 spiro atoms. The van der Waals surface area contributed by atoms with E-state index in [1.807, 2.05) is 6.07 Å². The molecule has 1 saturated heterocycles. The van der Waals surface area contributed by atoms with E-state index in [2.05, 4.69) is 31.7 Å². The molecule has 1 saturated carbocycles. The molecule has 22 heavy (non-hydrogen) atoms. The smallest absolute Gasteiger partial charge is 0.146 e. The van der Waals surface area contributed by atoms with Gasteiger partial charge in [0.05, 0.1) is 5.69 Å². The van der Waals surface area contributed by atoms with Crippen molar-refractivity contribution in [3.05, 3.63) is 29.6 Å². The first-order valence-electron chi connectivity index (χ1n) is 9.07. The summed E-state index contributed by atoms with van der Waals surface area (Å²) < 4.78 is 14.6. The summed E-state index contributed by atoms with van der Waals surface area (Å²) in [5, 5.41) is 0. The van der Waals surface area contributed by atoms with Gasteiger partial charge in [-0.05, 0) is 54.6 Å². The molecule has 1 aliphatic heterocycles. The molecule has 0 radical (unpaired) electrons. The highest BCUT2D eigenvalue weighted by Crippen LogP contribution is 2.44. The molecular formula is C20H30FN. The van der Waals surface area contributed by atoms with Crippen LogP contribution in [0.25, 0.3) is 0 Å². The monoisotopic (exact) mass is 303 g/mol. The van der Waals surface area contributed by atoms with Crippen molar-refractivity contribution in [3.63, 3.8) is 0 Å². The Bertz CT molecular complexity index is 512. The molecule has 1 aromatic rings. The van der Waals surface area contributed by atoms with Crippen molar-refractivity contribution in [3.8, 4) is 0 Å². The summed E-state index contributed by atoms with van der Waals surface area (Å²) in [5.41, 5.74) is 2.59. The van der Waals surface area contributed by atoms with Crippen molar-refractivity contribution in [1.29, 1.82) is 0 Å². The third kappa shape index (κ3) is 2.89. The highest BCUT2D eigenvalue weighted by Gasteiger charge is 2.32. The molecule has 1 nitrogen and oxygen atoms in total. The van der Waals surface area contributed by atoms with Crippen molar-refractivity contribution in [2.24, 2.45) is 11.3 Å². The van der Waals surface area contributed by atoms with Crippen LogP contribution in [0.2, 0.25) is 0 Å². The van der Waals surface area contributed by atoms with Crippen LogP contribution >= 0.6 is 0 Å². The SMILES string of the molecule is CCC1(C)CCN(c2c(F)cccc2C(C)C2CCC2)CC1. The van der Waals surface area contributed by atoms with Crippen LogP contribution in [0.5, 0.6) is 0 Å². The van der Waals surface area contributed by atoms with Crippen molar-refractivity contribution in [1.82, 2.24) is 0 Å². The zero-order valence-electron chi connectivity index (χ0n) is 14.4. The van der Waals surface area contributed by atoms with Crippen LogP contribution in [-0.4, -0.2) is 13.1 Å². The Morgan fingerprint density at radius 3 is 2.50 bits per heavy atom. The van der Waals surface area contributed by atoms with Crippen LogP contribution in [0.4, 0.5) is 10.1 Å². The molecule has 3 rings (SSSR count). The second kappa shape index (κ2) is 6.22. The standard InChI is InChI=1S/C20H30FN/c1-4-20(3)11-13-22(14-12-20)19-17(9-6-10-18(19)21)15(2)16-7-5-8-16/h6,9-10,15-16H,4-5,7-8,11-14H2,1-3H3. The maximum Gasteiger partial charge on any atom is 0.146 e. The average Bonchev–Trinajstić information content (AvgIpc) is 2.46. The third-order valence-corrected chi connectivity index (χ3v) is 6.51. The summed E-state index contributed by atoms with van der Waals surface area (Å²) in [6, 6.07) is 5.69. The van der Waals surface area contributed by atoms with E-state index in [0.29, 0.717) is 11.3 Å². The second-order valence-corrected chi connectivity index (χ2v) is 7.81. The molecular weight excluding hydrogens is 273 g/mol. The highest BCUT2D eigenvalue weighted by molar-refractivity contribution is 5.57. The Morgan fingerprint density at radius 1 is 1.27 bits per heavy atom. The van der Waals surface area contributed by atoms with E-state index in [9.17, 15) is 4.39 Å². The Kier molecular flexibility index (Phi) is 4.47. The van der Waals surface area contributed by atoms with Gasteiger partial charge in [0.2, 0.25) is 0 Å². The number of hydrogen-bond donors (Lipinski definition) is 0. The van der Waals surface area contributed by atoms with E-state index in [4.69, 9.17) is 0 Å². The quantitative estimate of drug-likeness (QED) is 0.685. The molecule has 122 valence electrons. The number of piperidine rings is 1. The van der Waals surface area contributed by atoms with Crippen molar-refractivity contribution in [2.45, 2.75) is 65.2 Å². The van der Waals surface area contributed by atoms with Crippen LogP contribution in [0.1, 0.15) is 70.8 Å². The van der Waals surface area contributed by atoms with Crippen LogP contribution in [0.15, 0.2) is 18.2 Å². The molecule has 2 aliphatic rings. The van der Waals surface area contributed by atoms with Gasteiger partial charge in [0.15, 0.2) is 0 Å². The lowest BCUT2D eigenvalue weighted by atomic mass is 9.73. The van der Waals surface area contributed by atoms with E-state index in [1.165, 1.54) is 44.1 Å². The molecule has 1 aliphatic carbocycles. The largest absolute Gasteiger partial charge is 0.369 e. The maximum absolute atomic E-state index is 14.6. The predicted molar refractivity (Wildman–Crippen MR) is 92.0 cm³/mol. The Hall–Kier alpha value is -1.05. The zero-order valence-corrected chi connectivity index (χ0v) is 14.4. The van der Waals surface area contributed by atoms with E-state index >= 15 is 0 Å². The first-order valence-corrected chi connectivity index (χ1v) is 9.07. The Balaban J connectivity index is 1.84. The molecule has 1 heterocycles. The molecule has 2 heteroatoms. The average molecular weight is 303 g/mol. The van der Waals surface area contributed by atoms with Crippen LogP contribution < -0.4 is 4.90 Å². The number of hydrogen-bond acceptors (Lipinski definition) is 1. The predicted octanol–water partition coefficient (Wildman–Crippen LogP) is 5.75. The first-order chi connectivity index (χ1) is 10.5. The van der Waals surface area contributed by atoms with Gasteiger partial charge in [-0.25, -0.2) is 4.39 Å². The van der Waals surface area contributed by atoms with Crippen molar-refractivity contribution >= 4 is 5.69 Å². The van der Waals surface area contributed by atoms with Crippen molar-refractivity contribution in [2.75, 3.05) is 18.0 Å². The van der Waals surface area contributed by atoms with E-state index in [0.717, 1.165) is 24.7 Å². The lowest BCUT2D eigenvalue weighted by molar-refractivity contribution is 0.236. The molecule has 1 aromatic carbocycles. The van der Waals surface area contributed by atoms with Gasteiger partial charge in [0, 0.05) is 13.1 Å². The second-order valence-electron chi connectivity index (χ2n) is 7.81. The van der Waals surface area contributed by atoms with Crippen LogP contribution in [0.3, 0.4) is 0 Å². The van der Waals surface area contributed by atoms with Gasteiger partial charge in [0.1, 0.15) is 5.82 Å². The topological polar surface area (TPSA) is 3.24 Å². The number of anilines is 1. The molecule has 1 unspecified atom stereocenters. The van der Waals surface area contributed by atoms with Crippen LogP contribution in [0, 0.1) is 17.2 Å². The highest BCUT2D eigenvalue weighted by atomic mass is 19.1. The van der Waals surface area contributed by atoms with Gasteiger partial charge in [-0.2, -0.15) is 0 Å². The minimum absolute atomic E-state index is 0.0243. The van der Waals surface area contributed by atoms with Crippen molar-refractivity contribution < 1.29 is 4.39 Å². The number of benzene rings is 1. The number of para-hydroxylation sites is 1. The molecule has 2 fully saturated rings. The normalized spacial score (nSPS) is 23.2. The molecule has 0 bridgehead atoms. The van der Waals surface area contributed by atoms with E-state index in [1.54, 1.807) is 6.07 Å². The van der Waals surface area contributed by atoms with Gasteiger partial charge in [-0.3, -0.25) is 0 Å². The molecule has 0 amide bonds. The summed E-state index contributed by atoms with van der Waals surface area (Å²) in [4.78, 5) is 2.32. The summed E-state index contributed by atoms with van der Waals surface area (Å²) in [6.45, 7) is 8.94. The Labute approximate surface area is 134 Å². The maximum atomic E-state index is 14.6. The number of nitrogens with zero attached hydrogens (tertiary/aromatic N) is 1. The molecule has 0 aromatic heterocycles. The number of rotatable bonds is 4. The van der Waals surface area contributed by atoms with Gasteiger partial charge in [-0.1, -0.05) is 45.7 Å². The minimum Gasteiger partial charge on any atom is -0.369 e. The summed E-state index contributed by atoms with van der Waals surface area (Å²) in [6.07, 6.45) is 7.54. The third-order valence-electron chi connectivity index (χ3n) is 6.51. The molecule has 0 N–H and O–H groups in total. The zero-order chi connectivity index (χ0) is 15.7. The van der Waals surface area contributed by atoms with Gasteiger partial charge < -0.3 is 4.90 Å². The van der Waals surface area contributed by atoms with E-state index < -0.39 is 0 Å². The lowest BCUT2D eigenvalue weighted by Gasteiger charge is -2.42. The fourth-order valence-corrected chi connectivity index (χ4v) is 4.05. The minimum atomic E-state index is -0.0243. The lowest BCUT2D eigenvalue weighted by Crippen LogP contribution is -2.39. The fraction of sp³-hybridized carbons (Fsp3) is 0.700. The van der Waals surface area contributed by atoms with Gasteiger partial charge in [-0.15, -0.1) is 0 Å². The summed E-state index contributed by atoms with van der Waals surface area (Å²) >= 11 is 0.